The Bertz CT molecular complexity index is 881. The maximum absolute atomic E-state index is 13.5. The van der Waals surface area contributed by atoms with Crippen molar-refractivity contribution in [2.24, 2.45) is 17.1 Å². The van der Waals surface area contributed by atoms with E-state index in [1.165, 1.54) is 7.11 Å². The monoisotopic (exact) mass is 465 g/mol. The van der Waals surface area contributed by atoms with Crippen molar-refractivity contribution >= 4 is 17.5 Å². The van der Waals surface area contributed by atoms with Crippen molar-refractivity contribution in [2.75, 3.05) is 33.9 Å². The average molecular weight is 466 g/mol. The van der Waals surface area contributed by atoms with E-state index in [2.05, 4.69) is 33.0 Å². The van der Waals surface area contributed by atoms with Gasteiger partial charge in [0.15, 0.2) is 0 Å². The van der Waals surface area contributed by atoms with E-state index < -0.39 is 0 Å². The molecule has 4 saturated heterocycles. The lowest BCUT2D eigenvalue weighted by Gasteiger charge is -2.49. The summed E-state index contributed by atoms with van der Waals surface area (Å²) in [4.78, 5) is 21.8. The molecule has 1 aromatic heterocycles. The predicted molar refractivity (Wildman–Crippen MR) is 118 cm³/mol. The molecule has 0 radical (unpaired) electrons. The molecule has 6 atom stereocenters. The fourth-order valence-electron chi connectivity index (χ4n) is 5.74. The van der Waals surface area contributed by atoms with Crippen LogP contribution in [0, 0.1) is 11.3 Å². The number of pyridine rings is 1. The first-order valence-corrected chi connectivity index (χ1v) is 11.6. The standard InChI is InChI=1S/C21H32ClN7O3/c1-11-16(23)21(10-32-11)5-8-29(9-6-21)20-25-17-13(19(30)28(20)2)15(26-27-17)12-4-7-24-18(31-3)14(12)22/h4,7,11,13,15-17,20,25-27H,5-6,8-10,23H2,1-3H3/t11-,13?,15?,16+,17?,20?/m0/s1. The maximum atomic E-state index is 13.5. The van der Waals surface area contributed by atoms with E-state index in [1.54, 1.807) is 11.1 Å². The quantitative estimate of drug-likeness (QED) is 0.489. The highest BCUT2D eigenvalue weighted by Crippen LogP contribution is 2.43. The van der Waals surface area contributed by atoms with Crippen molar-refractivity contribution in [1.29, 1.82) is 0 Å². The van der Waals surface area contributed by atoms with Gasteiger partial charge in [0.05, 0.1) is 37.9 Å². The molecule has 11 heteroatoms. The second-order valence-corrected chi connectivity index (χ2v) is 9.80. The van der Waals surface area contributed by atoms with Crippen LogP contribution in [0.3, 0.4) is 0 Å². The number of hydrazine groups is 1. The summed E-state index contributed by atoms with van der Waals surface area (Å²) < 4.78 is 11.1. The van der Waals surface area contributed by atoms with Crippen molar-refractivity contribution in [3.05, 3.63) is 22.8 Å². The molecule has 4 aliphatic heterocycles. The lowest BCUT2D eigenvalue weighted by atomic mass is 9.73. The number of nitrogens with two attached hydrogens (primary N) is 1. The molecule has 5 rings (SSSR count). The Labute approximate surface area is 193 Å². The Morgan fingerprint density at radius 3 is 2.75 bits per heavy atom. The summed E-state index contributed by atoms with van der Waals surface area (Å²) in [7, 11) is 3.39. The van der Waals surface area contributed by atoms with Gasteiger partial charge in [-0.1, -0.05) is 11.6 Å². The summed E-state index contributed by atoms with van der Waals surface area (Å²) in [6.07, 6.45) is 3.26. The van der Waals surface area contributed by atoms with Crippen LogP contribution in [0.2, 0.25) is 5.02 Å². The number of hydrogen-bond acceptors (Lipinski definition) is 9. The van der Waals surface area contributed by atoms with E-state index in [-0.39, 0.29) is 47.9 Å². The molecule has 0 saturated carbocycles. The van der Waals surface area contributed by atoms with E-state index in [9.17, 15) is 4.79 Å². The molecule has 1 amide bonds. The summed E-state index contributed by atoms with van der Waals surface area (Å²) in [5.41, 5.74) is 13.8. The number of hydrogen-bond donors (Lipinski definition) is 4. The van der Waals surface area contributed by atoms with Crippen molar-refractivity contribution in [3.63, 3.8) is 0 Å². The van der Waals surface area contributed by atoms with Gasteiger partial charge < -0.3 is 20.1 Å². The van der Waals surface area contributed by atoms with Crippen LogP contribution in [0.25, 0.3) is 0 Å². The lowest BCUT2D eigenvalue weighted by molar-refractivity contribution is -0.151. The van der Waals surface area contributed by atoms with E-state index in [1.807, 2.05) is 13.1 Å². The SMILES string of the molecule is COc1nccc(C2NNC3NC(N4CCC5(CC4)CO[C@@H](C)[C@H]5N)N(C)C(=O)C32)c1Cl. The first kappa shape index (κ1) is 22.3. The Balaban J connectivity index is 1.30. The van der Waals surface area contributed by atoms with Crippen LogP contribution < -0.4 is 26.6 Å². The van der Waals surface area contributed by atoms with Gasteiger partial charge in [0.25, 0.3) is 0 Å². The number of likely N-dealkylation sites (tertiary alicyclic amines) is 1. The minimum absolute atomic E-state index is 0.0467. The summed E-state index contributed by atoms with van der Waals surface area (Å²) in [5, 5.41) is 4.03. The highest BCUT2D eigenvalue weighted by atomic mass is 35.5. The number of amides is 1. The van der Waals surface area contributed by atoms with E-state index in [4.69, 9.17) is 26.8 Å². The third kappa shape index (κ3) is 3.40. The lowest BCUT2D eigenvalue weighted by Crippen LogP contribution is -2.70. The number of rotatable bonds is 3. The second kappa shape index (κ2) is 8.35. The molecule has 0 aromatic carbocycles. The van der Waals surface area contributed by atoms with Crippen LogP contribution in [-0.2, 0) is 9.53 Å². The molecular weight excluding hydrogens is 434 g/mol. The molecule has 4 unspecified atom stereocenters. The Morgan fingerprint density at radius 1 is 1.34 bits per heavy atom. The summed E-state index contributed by atoms with van der Waals surface area (Å²) in [5.74, 6) is 0.0555. The molecule has 10 nitrogen and oxygen atoms in total. The number of nitrogens with one attached hydrogen (secondary N) is 3. The first-order chi connectivity index (χ1) is 15.4. The fourth-order valence-corrected chi connectivity index (χ4v) is 6.05. The topological polar surface area (TPSA) is 117 Å². The maximum Gasteiger partial charge on any atom is 0.232 e. The highest BCUT2D eigenvalue weighted by molar-refractivity contribution is 6.32. The van der Waals surface area contributed by atoms with Gasteiger partial charge in [0, 0.05) is 37.8 Å². The van der Waals surface area contributed by atoms with Crippen molar-refractivity contribution < 1.29 is 14.3 Å². The first-order valence-electron chi connectivity index (χ1n) is 11.2. The minimum atomic E-state index is -0.352. The molecule has 1 spiro atoms. The minimum Gasteiger partial charge on any atom is -0.480 e. The summed E-state index contributed by atoms with van der Waals surface area (Å²) in [6.45, 7) is 4.51. The molecular formula is C21H32ClN7O3. The molecule has 5 N–H and O–H groups in total. The van der Waals surface area contributed by atoms with Crippen LogP contribution >= 0.6 is 11.6 Å². The second-order valence-electron chi connectivity index (χ2n) is 9.42. The summed E-state index contributed by atoms with van der Waals surface area (Å²) in [6, 6.07) is 1.59. The van der Waals surface area contributed by atoms with Gasteiger partial charge in [-0.25, -0.2) is 15.8 Å². The number of carbonyl (C=O) groups excluding carboxylic acids is 1. The van der Waals surface area contributed by atoms with Crippen molar-refractivity contribution in [3.8, 4) is 5.88 Å². The van der Waals surface area contributed by atoms with Crippen LogP contribution in [0.15, 0.2) is 12.3 Å². The number of fused-ring (bicyclic) bond motifs is 1. The Morgan fingerprint density at radius 2 is 2.09 bits per heavy atom. The van der Waals surface area contributed by atoms with E-state index >= 15 is 0 Å². The molecule has 0 bridgehead atoms. The zero-order valence-corrected chi connectivity index (χ0v) is 19.4. The van der Waals surface area contributed by atoms with Gasteiger partial charge in [-0.05, 0) is 31.4 Å². The molecule has 4 fully saturated rings. The fraction of sp³-hybridized carbons (Fsp3) is 0.714. The number of piperidine rings is 1. The largest absolute Gasteiger partial charge is 0.480 e. The molecule has 32 heavy (non-hydrogen) atoms. The number of aromatic nitrogens is 1. The van der Waals surface area contributed by atoms with E-state index in [0.29, 0.717) is 10.9 Å². The number of carbonyl (C=O) groups is 1. The van der Waals surface area contributed by atoms with Crippen molar-refractivity contribution in [1.82, 2.24) is 31.0 Å². The summed E-state index contributed by atoms with van der Waals surface area (Å²) >= 11 is 6.51. The number of halogens is 1. The van der Waals surface area contributed by atoms with Crippen LogP contribution in [0.1, 0.15) is 31.4 Å². The third-order valence-electron chi connectivity index (χ3n) is 7.84. The van der Waals surface area contributed by atoms with Gasteiger partial charge in [-0.2, -0.15) is 0 Å². The zero-order valence-electron chi connectivity index (χ0n) is 18.7. The number of methoxy groups -OCH3 is 1. The molecule has 1 aromatic rings. The van der Waals surface area contributed by atoms with Crippen molar-refractivity contribution in [2.45, 2.75) is 50.4 Å². The molecule has 176 valence electrons. The highest BCUT2D eigenvalue weighted by Gasteiger charge is 2.52. The van der Waals surface area contributed by atoms with Gasteiger partial charge >= 0.3 is 0 Å². The predicted octanol–water partition coefficient (Wildman–Crippen LogP) is 0.00820. The molecule has 4 aliphatic rings. The van der Waals surface area contributed by atoms with E-state index in [0.717, 1.165) is 38.1 Å². The number of ether oxygens (including phenoxy) is 2. The molecule has 5 heterocycles. The average Bonchev–Trinajstić information content (AvgIpc) is 3.34. The Kier molecular flexibility index (Phi) is 5.81. The number of nitrogens with zero attached hydrogens (tertiary/aromatic N) is 3. The van der Waals surface area contributed by atoms with Gasteiger partial charge in [-0.3, -0.25) is 15.0 Å². The van der Waals surface area contributed by atoms with Crippen LogP contribution in [0.4, 0.5) is 0 Å². The smallest absolute Gasteiger partial charge is 0.232 e. The van der Waals surface area contributed by atoms with Gasteiger partial charge in [0.1, 0.15) is 11.3 Å². The zero-order chi connectivity index (χ0) is 22.6. The van der Waals surface area contributed by atoms with Crippen LogP contribution in [-0.4, -0.2) is 79.1 Å². The molecule has 0 aliphatic carbocycles. The Hall–Kier alpha value is -1.53. The normalized spacial score (nSPS) is 37.2. The van der Waals surface area contributed by atoms with Gasteiger partial charge in [0.2, 0.25) is 11.8 Å². The van der Waals surface area contributed by atoms with Gasteiger partial charge in [-0.15, -0.1) is 0 Å². The third-order valence-corrected chi connectivity index (χ3v) is 8.22. The van der Waals surface area contributed by atoms with Crippen LogP contribution in [0.5, 0.6) is 5.88 Å².